The minimum Gasteiger partial charge on any atom is -0.497 e. The summed E-state index contributed by atoms with van der Waals surface area (Å²) in [5, 5.41) is 2.01. The van der Waals surface area contributed by atoms with Crippen LogP contribution in [0.5, 0.6) is 5.75 Å². The van der Waals surface area contributed by atoms with Gasteiger partial charge in [-0.1, -0.05) is 18.2 Å². The lowest BCUT2D eigenvalue weighted by Crippen LogP contribution is -2.17. The third-order valence-corrected chi connectivity index (χ3v) is 3.99. The van der Waals surface area contributed by atoms with Crippen molar-refractivity contribution in [3.8, 4) is 17.0 Å². The maximum atomic E-state index is 12.0. The zero-order valence-corrected chi connectivity index (χ0v) is 11.8. The maximum Gasteiger partial charge on any atom is 0.326 e. The fraction of sp³-hybridized carbons (Fsp3) is 0.133. The number of benzene rings is 1. The molecule has 3 rings (SSSR count). The molecule has 0 atom stereocenters. The van der Waals surface area contributed by atoms with Crippen molar-refractivity contribution in [3.05, 3.63) is 63.3 Å². The second kappa shape index (κ2) is 5.38. The van der Waals surface area contributed by atoms with Crippen LogP contribution >= 0.6 is 11.3 Å². The van der Waals surface area contributed by atoms with Gasteiger partial charge >= 0.3 is 5.69 Å². The van der Waals surface area contributed by atoms with Crippen molar-refractivity contribution >= 4 is 11.3 Å². The molecule has 2 aromatic heterocycles. The summed E-state index contributed by atoms with van der Waals surface area (Å²) in [5.74, 6) is 0.777. The molecular formula is C15H14N2O2S. The lowest BCUT2D eigenvalue weighted by Gasteiger charge is -2.07. The molecule has 0 amide bonds. The zero-order valence-electron chi connectivity index (χ0n) is 11.0. The van der Waals surface area contributed by atoms with Gasteiger partial charge in [-0.15, -0.1) is 11.3 Å². The summed E-state index contributed by atoms with van der Waals surface area (Å²) in [6.07, 6.45) is 1.74. The topological polar surface area (TPSA) is 47.0 Å². The third-order valence-electron chi connectivity index (χ3n) is 3.13. The fourth-order valence-electron chi connectivity index (χ4n) is 2.13. The molecule has 20 heavy (non-hydrogen) atoms. The summed E-state index contributed by atoms with van der Waals surface area (Å²) in [6, 6.07) is 11.7. The minimum atomic E-state index is -0.101. The molecule has 1 N–H and O–H groups in total. The molecule has 0 radical (unpaired) electrons. The summed E-state index contributed by atoms with van der Waals surface area (Å²) in [5.41, 5.74) is 1.72. The van der Waals surface area contributed by atoms with Gasteiger partial charge in [0.2, 0.25) is 0 Å². The highest BCUT2D eigenvalue weighted by Crippen LogP contribution is 2.23. The Balaban J connectivity index is 2.03. The van der Waals surface area contributed by atoms with Gasteiger partial charge < -0.3 is 9.72 Å². The highest BCUT2D eigenvalue weighted by Gasteiger charge is 2.10. The van der Waals surface area contributed by atoms with Crippen LogP contribution in [0.15, 0.2) is 52.8 Å². The van der Waals surface area contributed by atoms with E-state index in [1.165, 1.54) is 0 Å². The Morgan fingerprint density at radius 2 is 2.20 bits per heavy atom. The largest absolute Gasteiger partial charge is 0.497 e. The molecule has 102 valence electrons. The Labute approximate surface area is 120 Å². The van der Waals surface area contributed by atoms with Gasteiger partial charge in [-0.2, -0.15) is 0 Å². The van der Waals surface area contributed by atoms with Crippen molar-refractivity contribution in [3.63, 3.8) is 0 Å². The van der Waals surface area contributed by atoms with Gasteiger partial charge in [-0.25, -0.2) is 4.79 Å². The van der Waals surface area contributed by atoms with Gasteiger partial charge in [0, 0.05) is 16.6 Å². The fourth-order valence-corrected chi connectivity index (χ4v) is 2.82. The first-order chi connectivity index (χ1) is 9.78. The van der Waals surface area contributed by atoms with E-state index < -0.39 is 0 Å². The van der Waals surface area contributed by atoms with E-state index in [0.717, 1.165) is 21.9 Å². The number of aromatic nitrogens is 2. The number of H-pyrrole nitrogens is 1. The molecule has 0 bridgehead atoms. The summed E-state index contributed by atoms with van der Waals surface area (Å²) in [6.45, 7) is 0.576. The molecule has 0 aliphatic rings. The number of methoxy groups -OCH3 is 1. The highest BCUT2D eigenvalue weighted by atomic mass is 32.1. The summed E-state index contributed by atoms with van der Waals surface area (Å²) in [4.78, 5) is 15.9. The molecule has 3 aromatic rings. The lowest BCUT2D eigenvalue weighted by atomic mass is 10.1. The molecule has 2 heterocycles. The monoisotopic (exact) mass is 286 g/mol. The number of nitrogens with one attached hydrogen (secondary N) is 1. The van der Waals surface area contributed by atoms with E-state index in [-0.39, 0.29) is 5.69 Å². The molecule has 0 fully saturated rings. The van der Waals surface area contributed by atoms with Crippen molar-refractivity contribution in [2.45, 2.75) is 6.54 Å². The molecule has 0 aliphatic heterocycles. The molecule has 5 heteroatoms. The Kier molecular flexibility index (Phi) is 3.43. The van der Waals surface area contributed by atoms with Crippen LogP contribution in [-0.4, -0.2) is 16.7 Å². The standard InChI is InChI=1S/C15H14N2O2S/c1-19-12-5-2-4-11(8-12)14-9-16-15(18)17(14)10-13-6-3-7-20-13/h2-9H,10H2,1H3,(H,16,18). The Bertz CT molecular complexity index is 756. The van der Waals surface area contributed by atoms with Crippen LogP contribution in [0.2, 0.25) is 0 Å². The van der Waals surface area contributed by atoms with Crippen molar-refractivity contribution in [2.75, 3.05) is 7.11 Å². The van der Waals surface area contributed by atoms with E-state index in [4.69, 9.17) is 4.74 Å². The zero-order chi connectivity index (χ0) is 13.9. The summed E-state index contributed by atoms with van der Waals surface area (Å²) >= 11 is 1.64. The van der Waals surface area contributed by atoms with Gasteiger partial charge in [0.15, 0.2) is 0 Å². The number of imidazole rings is 1. The van der Waals surface area contributed by atoms with Gasteiger partial charge in [0.1, 0.15) is 5.75 Å². The smallest absolute Gasteiger partial charge is 0.326 e. The van der Waals surface area contributed by atoms with E-state index in [1.54, 1.807) is 29.2 Å². The van der Waals surface area contributed by atoms with Crippen LogP contribution in [0.25, 0.3) is 11.3 Å². The number of nitrogens with zero attached hydrogens (tertiary/aromatic N) is 1. The Morgan fingerprint density at radius 1 is 1.30 bits per heavy atom. The predicted octanol–water partition coefficient (Wildman–Crippen LogP) is 2.96. The normalized spacial score (nSPS) is 10.7. The van der Waals surface area contributed by atoms with Crippen LogP contribution in [0.1, 0.15) is 4.88 Å². The predicted molar refractivity (Wildman–Crippen MR) is 80.5 cm³/mol. The van der Waals surface area contributed by atoms with Crippen LogP contribution in [0.4, 0.5) is 0 Å². The van der Waals surface area contributed by atoms with Gasteiger partial charge in [-0.05, 0) is 23.6 Å². The SMILES string of the molecule is COc1cccc(-c2c[nH]c(=O)n2Cc2cccs2)c1. The first kappa shape index (κ1) is 12.7. The molecule has 0 aliphatic carbocycles. The molecule has 4 nitrogen and oxygen atoms in total. The maximum absolute atomic E-state index is 12.0. The second-order valence-electron chi connectivity index (χ2n) is 4.38. The summed E-state index contributed by atoms with van der Waals surface area (Å²) in [7, 11) is 1.63. The molecule has 0 saturated heterocycles. The van der Waals surface area contributed by atoms with E-state index in [1.807, 2.05) is 41.8 Å². The van der Waals surface area contributed by atoms with Gasteiger partial charge in [0.25, 0.3) is 0 Å². The highest BCUT2D eigenvalue weighted by molar-refractivity contribution is 7.09. The van der Waals surface area contributed by atoms with Crippen molar-refractivity contribution in [2.24, 2.45) is 0 Å². The molecule has 1 aromatic carbocycles. The number of aromatic amines is 1. The van der Waals surface area contributed by atoms with Crippen molar-refractivity contribution in [1.82, 2.24) is 9.55 Å². The Morgan fingerprint density at radius 3 is 2.95 bits per heavy atom. The van der Waals surface area contributed by atoms with Crippen molar-refractivity contribution in [1.29, 1.82) is 0 Å². The van der Waals surface area contributed by atoms with Gasteiger partial charge in [0.05, 0.1) is 19.3 Å². The molecule has 0 spiro atoms. The average Bonchev–Trinajstić information content (AvgIpc) is 3.11. The third kappa shape index (κ3) is 2.40. The quantitative estimate of drug-likeness (QED) is 0.801. The van der Waals surface area contributed by atoms with E-state index in [9.17, 15) is 4.79 Å². The van der Waals surface area contributed by atoms with E-state index in [2.05, 4.69) is 4.98 Å². The van der Waals surface area contributed by atoms with E-state index >= 15 is 0 Å². The molecule has 0 unspecified atom stereocenters. The molecule has 0 saturated carbocycles. The van der Waals surface area contributed by atoms with Crippen LogP contribution in [-0.2, 0) is 6.54 Å². The Hall–Kier alpha value is -2.27. The van der Waals surface area contributed by atoms with Crippen molar-refractivity contribution < 1.29 is 4.74 Å². The second-order valence-corrected chi connectivity index (χ2v) is 5.41. The number of rotatable bonds is 4. The number of hydrogen-bond acceptors (Lipinski definition) is 3. The van der Waals surface area contributed by atoms with Crippen LogP contribution in [0, 0.1) is 0 Å². The number of thiophene rings is 1. The van der Waals surface area contributed by atoms with E-state index in [0.29, 0.717) is 6.54 Å². The summed E-state index contributed by atoms with van der Waals surface area (Å²) < 4.78 is 6.97. The van der Waals surface area contributed by atoms with Gasteiger partial charge in [-0.3, -0.25) is 4.57 Å². The van der Waals surface area contributed by atoms with Crippen LogP contribution in [0.3, 0.4) is 0 Å². The molecular weight excluding hydrogens is 272 g/mol. The number of ether oxygens (including phenoxy) is 1. The first-order valence-electron chi connectivity index (χ1n) is 6.23. The average molecular weight is 286 g/mol. The van der Waals surface area contributed by atoms with Crippen LogP contribution < -0.4 is 10.4 Å². The number of hydrogen-bond donors (Lipinski definition) is 1. The lowest BCUT2D eigenvalue weighted by molar-refractivity contribution is 0.415. The first-order valence-corrected chi connectivity index (χ1v) is 7.11. The minimum absolute atomic E-state index is 0.101.